The Morgan fingerprint density at radius 1 is 0.964 bits per heavy atom. The molecule has 3 rings (SSSR count). The van der Waals surface area contributed by atoms with Gasteiger partial charge in [-0.25, -0.2) is 4.79 Å². The summed E-state index contributed by atoms with van der Waals surface area (Å²) >= 11 is 0. The minimum absolute atomic E-state index is 0.0241. The standard InChI is InChI=1S/C21H22N2O5/c1-20(2,3)28-19(27)21(4,22)23-13-9-10-14(24)16-15(13)17(25)11-7-5-6-8-12(11)18(16)26/h5-10,23-24H,22H2,1-4H3. The summed E-state index contributed by atoms with van der Waals surface area (Å²) in [6, 6.07) is 9.06. The molecule has 7 nitrogen and oxygen atoms in total. The average Bonchev–Trinajstić information content (AvgIpc) is 2.59. The molecule has 0 fully saturated rings. The fraction of sp³-hybridized carbons (Fsp3) is 0.286. The number of phenols is 1. The molecule has 0 aromatic heterocycles. The molecule has 0 saturated carbocycles. The Labute approximate surface area is 162 Å². The van der Waals surface area contributed by atoms with Crippen LogP contribution < -0.4 is 11.1 Å². The molecule has 0 radical (unpaired) electrons. The topological polar surface area (TPSA) is 119 Å². The monoisotopic (exact) mass is 382 g/mol. The molecule has 1 unspecified atom stereocenters. The van der Waals surface area contributed by atoms with Crippen LogP contribution in [0.5, 0.6) is 5.75 Å². The second-order valence-electron chi connectivity index (χ2n) is 7.92. The van der Waals surface area contributed by atoms with Gasteiger partial charge in [0.2, 0.25) is 0 Å². The lowest BCUT2D eigenvalue weighted by molar-refractivity contribution is -0.159. The first-order valence-electron chi connectivity index (χ1n) is 8.77. The van der Waals surface area contributed by atoms with Gasteiger partial charge in [0.25, 0.3) is 0 Å². The smallest absolute Gasteiger partial charge is 0.347 e. The predicted molar refractivity (Wildman–Crippen MR) is 103 cm³/mol. The van der Waals surface area contributed by atoms with Crippen molar-refractivity contribution in [1.82, 2.24) is 0 Å². The lowest BCUT2D eigenvalue weighted by Gasteiger charge is -2.31. The van der Waals surface area contributed by atoms with Gasteiger partial charge in [-0.3, -0.25) is 15.3 Å². The van der Waals surface area contributed by atoms with E-state index in [1.54, 1.807) is 39.0 Å². The molecule has 0 heterocycles. The van der Waals surface area contributed by atoms with Gasteiger partial charge in [-0.15, -0.1) is 0 Å². The molecule has 0 saturated heterocycles. The molecule has 0 amide bonds. The van der Waals surface area contributed by atoms with Crippen molar-refractivity contribution >= 4 is 23.2 Å². The van der Waals surface area contributed by atoms with E-state index in [4.69, 9.17) is 10.5 Å². The lowest BCUT2D eigenvalue weighted by Crippen LogP contribution is -2.54. The van der Waals surface area contributed by atoms with Crippen LogP contribution in [0.2, 0.25) is 0 Å². The zero-order valence-corrected chi connectivity index (χ0v) is 16.1. The van der Waals surface area contributed by atoms with Crippen LogP contribution in [0.15, 0.2) is 36.4 Å². The summed E-state index contributed by atoms with van der Waals surface area (Å²) in [6.45, 7) is 6.54. The number of phenolic OH excluding ortho intramolecular Hbond substituents is 1. The number of hydrogen-bond acceptors (Lipinski definition) is 7. The zero-order chi connectivity index (χ0) is 20.9. The number of ether oxygens (including phenoxy) is 1. The van der Waals surface area contributed by atoms with E-state index in [0.717, 1.165) is 0 Å². The molecule has 2 aromatic carbocycles. The normalized spacial score (nSPS) is 15.3. The number of esters is 1. The number of nitrogens with one attached hydrogen (secondary N) is 1. The van der Waals surface area contributed by atoms with Gasteiger partial charge in [-0.2, -0.15) is 0 Å². The van der Waals surface area contributed by atoms with Crippen LogP contribution in [-0.2, 0) is 9.53 Å². The van der Waals surface area contributed by atoms with Crippen molar-refractivity contribution in [2.24, 2.45) is 5.73 Å². The highest BCUT2D eigenvalue weighted by molar-refractivity contribution is 6.31. The minimum atomic E-state index is -1.67. The second kappa shape index (κ2) is 6.45. The number of hydrogen-bond donors (Lipinski definition) is 3. The summed E-state index contributed by atoms with van der Waals surface area (Å²) in [5, 5.41) is 13.0. The third-order valence-corrected chi connectivity index (χ3v) is 4.27. The van der Waals surface area contributed by atoms with E-state index < -0.39 is 28.8 Å². The highest BCUT2D eigenvalue weighted by atomic mass is 16.6. The SMILES string of the molecule is CC(C)(C)OC(=O)C(C)(N)Nc1ccc(O)c2c1C(=O)c1ccccc1C2=O. The van der Waals surface area contributed by atoms with E-state index in [2.05, 4.69) is 5.32 Å². The van der Waals surface area contributed by atoms with Crippen LogP contribution in [0.3, 0.4) is 0 Å². The van der Waals surface area contributed by atoms with E-state index in [1.165, 1.54) is 25.1 Å². The number of nitrogens with two attached hydrogens (primary N) is 1. The molecular formula is C21H22N2O5. The van der Waals surface area contributed by atoms with Crippen LogP contribution in [-0.4, -0.2) is 33.9 Å². The molecule has 1 aliphatic rings. The van der Waals surface area contributed by atoms with Crippen LogP contribution in [0.1, 0.15) is 59.5 Å². The van der Waals surface area contributed by atoms with Crippen molar-refractivity contribution < 1.29 is 24.2 Å². The number of ketones is 2. The Balaban J connectivity index is 2.07. The Morgan fingerprint density at radius 3 is 2.04 bits per heavy atom. The Bertz CT molecular complexity index is 1000. The third-order valence-electron chi connectivity index (χ3n) is 4.27. The summed E-state index contributed by atoms with van der Waals surface area (Å²) in [5.74, 6) is -1.95. The van der Waals surface area contributed by atoms with Crippen LogP contribution >= 0.6 is 0 Å². The molecule has 146 valence electrons. The molecule has 28 heavy (non-hydrogen) atoms. The van der Waals surface area contributed by atoms with Crippen LogP contribution in [0.25, 0.3) is 0 Å². The van der Waals surface area contributed by atoms with Gasteiger partial charge in [0, 0.05) is 16.8 Å². The van der Waals surface area contributed by atoms with Crippen molar-refractivity contribution in [1.29, 1.82) is 0 Å². The van der Waals surface area contributed by atoms with Crippen molar-refractivity contribution in [3.8, 4) is 5.75 Å². The van der Waals surface area contributed by atoms with Crippen LogP contribution in [0, 0.1) is 0 Å². The first-order valence-corrected chi connectivity index (χ1v) is 8.77. The van der Waals surface area contributed by atoms with Crippen molar-refractivity contribution in [2.45, 2.75) is 39.0 Å². The number of carbonyl (C=O) groups excluding carboxylic acids is 3. The zero-order valence-electron chi connectivity index (χ0n) is 16.1. The van der Waals surface area contributed by atoms with E-state index in [0.29, 0.717) is 0 Å². The highest BCUT2D eigenvalue weighted by Gasteiger charge is 2.38. The van der Waals surface area contributed by atoms with Crippen molar-refractivity contribution in [2.75, 3.05) is 5.32 Å². The molecule has 4 N–H and O–H groups in total. The van der Waals surface area contributed by atoms with Gasteiger partial charge >= 0.3 is 5.97 Å². The van der Waals surface area contributed by atoms with Gasteiger partial charge in [0.05, 0.1) is 11.1 Å². The van der Waals surface area contributed by atoms with Crippen molar-refractivity contribution in [3.05, 3.63) is 58.7 Å². The minimum Gasteiger partial charge on any atom is -0.507 e. The summed E-state index contributed by atoms with van der Waals surface area (Å²) < 4.78 is 5.32. The number of carbonyl (C=O) groups is 3. The molecule has 0 bridgehead atoms. The molecule has 1 aliphatic carbocycles. The summed E-state index contributed by atoms with van der Waals surface area (Å²) in [5.41, 5.74) is 4.15. The maximum Gasteiger partial charge on any atom is 0.347 e. The largest absolute Gasteiger partial charge is 0.507 e. The van der Waals surface area contributed by atoms with Crippen LogP contribution in [0.4, 0.5) is 5.69 Å². The van der Waals surface area contributed by atoms with Gasteiger partial charge < -0.3 is 15.2 Å². The molecule has 1 atom stereocenters. The number of anilines is 1. The summed E-state index contributed by atoms with van der Waals surface area (Å²) in [6.07, 6.45) is 0. The van der Waals surface area contributed by atoms with Crippen molar-refractivity contribution in [3.63, 3.8) is 0 Å². The van der Waals surface area contributed by atoms with E-state index in [1.807, 2.05) is 0 Å². The number of rotatable bonds is 3. The first-order chi connectivity index (χ1) is 12.9. The Hall–Kier alpha value is -3.19. The van der Waals surface area contributed by atoms with Gasteiger partial charge in [0.1, 0.15) is 11.4 Å². The van der Waals surface area contributed by atoms with Gasteiger partial charge in [0.15, 0.2) is 17.2 Å². The maximum absolute atomic E-state index is 13.1. The highest BCUT2D eigenvalue weighted by Crippen LogP contribution is 2.37. The number of benzene rings is 2. The van der Waals surface area contributed by atoms with E-state index in [9.17, 15) is 19.5 Å². The fourth-order valence-corrected chi connectivity index (χ4v) is 3.02. The van der Waals surface area contributed by atoms with Gasteiger partial charge in [-0.1, -0.05) is 24.3 Å². The maximum atomic E-state index is 13.1. The average molecular weight is 382 g/mol. The molecule has 7 heteroatoms. The lowest BCUT2D eigenvalue weighted by atomic mass is 9.82. The predicted octanol–water partition coefficient (Wildman–Crippen LogP) is 2.60. The summed E-state index contributed by atoms with van der Waals surface area (Å²) in [4.78, 5) is 38.4. The fourth-order valence-electron chi connectivity index (χ4n) is 3.02. The van der Waals surface area contributed by atoms with E-state index in [-0.39, 0.29) is 33.7 Å². The molecule has 0 aliphatic heterocycles. The first kappa shape index (κ1) is 19.6. The number of fused-ring (bicyclic) bond motifs is 2. The Morgan fingerprint density at radius 2 is 1.50 bits per heavy atom. The van der Waals surface area contributed by atoms with Gasteiger partial charge in [-0.05, 0) is 39.8 Å². The summed E-state index contributed by atoms with van der Waals surface area (Å²) in [7, 11) is 0. The molecule has 2 aromatic rings. The third kappa shape index (κ3) is 3.36. The second-order valence-corrected chi connectivity index (χ2v) is 7.92. The number of aromatic hydroxyl groups is 1. The Kier molecular flexibility index (Phi) is 4.51. The molecular weight excluding hydrogens is 360 g/mol. The molecule has 0 spiro atoms. The van der Waals surface area contributed by atoms with E-state index >= 15 is 0 Å². The quantitative estimate of drug-likeness (QED) is 0.362.